The fraction of sp³-hybridized carbons (Fsp3) is 0.455. The first-order valence-electron chi connectivity index (χ1n) is 4.82. The first-order chi connectivity index (χ1) is 7.03. The predicted molar refractivity (Wildman–Crippen MR) is 53.5 cm³/mol. The summed E-state index contributed by atoms with van der Waals surface area (Å²) in [4.78, 5) is 0. The quantitative estimate of drug-likeness (QED) is 0.816. The maximum Gasteiger partial charge on any atom is 0.389 e. The third-order valence-electron chi connectivity index (χ3n) is 2.27. The van der Waals surface area contributed by atoms with E-state index >= 15 is 0 Å². The molecule has 0 bridgehead atoms. The first kappa shape index (κ1) is 12.0. The molecule has 0 fully saturated rings. The molecule has 0 saturated carbocycles. The Morgan fingerprint density at radius 3 is 2.27 bits per heavy atom. The van der Waals surface area contributed by atoms with Gasteiger partial charge in [0.2, 0.25) is 0 Å². The van der Waals surface area contributed by atoms with Gasteiger partial charge in [0.15, 0.2) is 0 Å². The standard InChI is InChI=1S/C11H14F3N/c1-15-10(7-8-11(12,13)14)9-5-3-2-4-6-9/h2-6,10,15H,7-8H2,1H3. The van der Waals surface area contributed by atoms with Crippen LogP contribution in [0.15, 0.2) is 30.3 Å². The van der Waals surface area contributed by atoms with Gasteiger partial charge in [-0.3, -0.25) is 0 Å². The molecular formula is C11H14F3N. The first-order valence-corrected chi connectivity index (χ1v) is 4.82. The molecule has 0 aliphatic carbocycles. The van der Waals surface area contributed by atoms with E-state index in [1.54, 1.807) is 7.05 Å². The number of nitrogens with one attached hydrogen (secondary N) is 1. The Morgan fingerprint density at radius 2 is 1.80 bits per heavy atom. The number of rotatable bonds is 4. The molecule has 84 valence electrons. The van der Waals surface area contributed by atoms with Crippen LogP contribution in [0.25, 0.3) is 0 Å². The molecule has 1 rings (SSSR count). The molecule has 4 heteroatoms. The minimum absolute atomic E-state index is 0.0734. The second kappa shape index (κ2) is 5.16. The minimum Gasteiger partial charge on any atom is -0.313 e. The molecule has 0 aliphatic rings. The monoisotopic (exact) mass is 217 g/mol. The van der Waals surface area contributed by atoms with Gasteiger partial charge in [0.1, 0.15) is 0 Å². The van der Waals surface area contributed by atoms with Gasteiger partial charge in [-0.2, -0.15) is 13.2 Å². The smallest absolute Gasteiger partial charge is 0.313 e. The summed E-state index contributed by atoms with van der Waals surface area (Å²) in [7, 11) is 1.67. The van der Waals surface area contributed by atoms with Crippen LogP contribution in [-0.4, -0.2) is 13.2 Å². The zero-order valence-corrected chi connectivity index (χ0v) is 8.51. The molecule has 1 atom stereocenters. The Hall–Kier alpha value is -1.03. The second-order valence-corrected chi connectivity index (χ2v) is 3.41. The highest BCUT2D eigenvalue weighted by Gasteiger charge is 2.28. The molecule has 0 radical (unpaired) electrons. The fourth-order valence-corrected chi connectivity index (χ4v) is 1.47. The Labute approximate surface area is 87.3 Å². The molecule has 1 aromatic carbocycles. The summed E-state index contributed by atoms with van der Waals surface area (Å²) >= 11 is 0. The SMILES string of the molecule is CNC(CCC(F)(F)F)c1ccccc1. The summed E-state index contributed by atoms with van der Waals surface area (Å²) in [6.07, 6.45) is -4.76. The van der Waals surface area contributed by atoms with Crippen LogP contribution in [0.4, 0.5) is 13.2 Å². The third kappa shape index (κ3) is 4.34. The maximum absolute atomic E-state index is 12.0. The van der Waals surface area contributed by atoms with E-state index in [2.05, 4.69) is 5.32 Å². The largest absolute Gasteiger partial charge is 0.389 e. The highest BCUT2D eigenvalue weighted by molar-refractivity contribution is 5.18. The molecule has 1 N–H and O–H groups in total. The van der Waals surface area contributed by atoms with E-state index in [4.69, 9.17) is 0 Å². The van der Waals surface area contributed by atoms with Gasteiger partial charge in [0.25, 0.3) is 0 Å². The molecule has 0 aliphatic heterocycles. The lowest BCUT2D eigenvalue weighted by Gasteiger charge is -2.17. The zero-order chi connectivity index (χ0) is 11.3. The van der Waals surface area contributed by atoms with Crippen molar-refractivity contribution in [2.24, 2.45) is 0 Å². The van der Waals surface area contributed by atoms with Crippen molar-refractivity contribution in [2.45, 2.75) is 25.1 Å². The molecule has 0 spiro atoms. The van der Waals surface area contributed by atoms with E-state index in [9.17, 15) is 13.2 Å². The lowest BCUT2D eigenvalue weighted by molar-refractivity contribution is -0.136. The summed E-state index contributed by atoms with van der Waals surface area (Å²) in [5, 5.41) is 2.89. The Kier molecular flexibility index (Phi) is 4.15. The minimum atomic E-state index is -4.08. The number of hydrogen-bond acceptors (Lipinski definition) is 1. The molecule has 0 amide bonds. The normalized spacial score (nSPS) is 13.9. The summed E-state index contributed by atoms with van der Waals surface area (Å²) in [6.45, 7) is 0. The molecule has 1 nitrogen and oxygen atoms in total. The van der Waals surface area contributed by atoms with Crippen LogP contribution in [0.2, 0.25) is 0 Å². The molecule has 0 heterocycles. The van der Waals surface area contributed by atoms with Gasteiger partial charge >= 0.3 is 6.18 Å². The predicted octanol–water partition coefficient (Wildman–Crippen LogP) is 3.29. The van der Waals surface area contributed by atoms with Crippen molar-refractivity contribution in [3.8, 4) is 0 Å². The van der Waals surface area contributed by atoms with E-state index in [-0.39, 0.29) is 12.5 Å². The highest BCUT2D eigenvalue weighted by Crippen LogP contribution is 2.27. The summed E-state index contributed by atoms with van der Waals surface area (Å²) in [5.74, 6) is 0. The number of halogens is 3. The Morgan fingerprint density at radius 1 is 1.20 bits per heavy atom. The van der Waals surface area contributed by atoms with Crippen molar-refractivity contribution in [1.82, 2.24) is 5.32 Å². The van der Waals surface area contributed by atoms with Crippen LogP contribution >= 0.6 is 0 Å². The summed E-state index contributed by atoms with van der Waals surface area (Å²) in [5.41, 5.74) is 0.893. The van der Waals surface area contributed by atoms with E-state index in [0.717, 1.165) is 5.56 Å². The van der Waals surface area contributed by atoms with Crippen LogP contribution in [0.3, 0.4) is 0 Å². The van der Waals surface area contributed by atoms with Crippen LogP contribution in [0.5, 0.6) is 0 Å². The van der Waals surface area contributed by atoms with Crippen LogP contribution in [0, 0.1) is 0 Å². The van der Waals surface area contributed by atoms with Gasteiger partial charge in [0.05, 0.1) is 0 Å². The van der Waals surface area contributed by atoms with Gasteiger partial charge in [-0.25, -0.2) is 0 Å². The average molecular weight is 217 g/mol. The summed E-state index contributed by atoms with van der Waals surface area (Å²) < 4.78 is 36.1. The molecule has 0 saturated heterocycles. The lowest BCUT2D eigenvalue weighted by atomic mass is 10.0. The number of alkyl halides is 3. The Balaban J connectivity index is 2.58. The van der Waals surface area contributed by atoms with Gasteiger partial charge < -0.3 is 5.32 Å². The van der Waals surface area contributed by atoms with E-state index in [1.165, 1.54) is 0 Å². The third-order valence-corrected chi connectivity index (χ3v) is 2.27. The average Bonchev–Trinajstić information content (AvgIpc) is 2.19. The topological polar surface area (TPSA) is 12.0 Å². The van der Waals surface area contributed by atoms with Crippen molar-refractivity contribution < 1.29 is 13.2 Å². The molecule has 1 unspecified atom stereocenters. The Bertz CT molecular complexity index is 282. The fourth-order valence-electron chi connectivity index (χ4n) is 1.47. The van der Waals surface area contributed by atoms with E-state index < -0.39 is 12.6 Å². The van der Waals surface area contributed by atoms with E-state index in [0.29, 0.717) is 0 Å². The van der Waals surface area contributed by atoms with Crippen molar-refractivity contribution in [2.75, 3.05) is 7.05 Å². The molecular weight excluding hydrogens is 203 g/mol. The van der Waals surface area contributed by atoms with E-state index in [1.807, 2.05) is 30.3 Å². The van der Waals surface area contributed by atoms with Gasteiger partial charge in [0, 0.05) is 12.5 Å². The van der Waals surface area contributed by atoms with Crippen LogP contribution in [-0.2, 0) is 0 Å². The van der Waals surface area contributed by atoms with Crippen LogP contribution in [0.1, 0.15) is 24.4 Å². The van der Waals surface area contributed by atoms with Crippen molar-refractivity contribution >= 4 is 0 Å². The van der Waals surface area contributed by atoms with Gasteiger partial charge in [-0.05, 0) is 19.0 Å². The summed E-state index contributed by atoms with van der Waals surface area (Å²) in [6, 6.07) is 8.93. The number of hydrogen-bond donors (Lipinski definition) is 1. The number of benzene rings is 1. The zero-order valence-electron chi connectivity index (χ0n) is 8.51. The van der Waals surface area contributed by atoms with Gasteiger partial charge in [-0.1, -0.05) is 30.3 Å². The van der Waals surface area contributed by atoms with Gasteiger partial charge in [-0.15, -0.1) is 0 Å². The van der Waals surface area contributed by atoms with Crippen molar-refractivity contribution in [1.29, 1.82) is 0 Å². The van der Waals surface area contributed by atoms with Crippen molar-refractivity contribution in [3.05, 3.63) is 35.9 Å². The second-order valence-electron chi connectivity index (χ2n) is 3.41. The molecule has 15 heavy (non-hydrogen) atoms. The van der Waals surface area contributed by atoms with Crippen molar-refractivity contribution in [3.63, 3.8) is 0 Å². The highest BCUT2D eigenvalue weighted by atomic mass is 19.4. The molecule has 0 aromatic heterocycles. The lowest BCUT2D eigenvalue weighted by Crippen LogP contribution is -2.19. The maximum atomic E-state index is 12.0. The molecule has 1 aromatic rings. The van der Waals surface area contributed by atoms with Crippen LogP contribution < -0.4 is 5.32 Å².